The van der Waals surface area contributed by atoms with E-state index in [1.54, 1.807) is 23.2 Å². The highest BCUT2D eigenvalue weighted by Crippen LogP contribution is 2.33. The Morgan fingerprint density at radius 1 is 0.947 bits per heavy atom. The number of nitrogens with one attached hydrogen (secondary N) is 2. The average molecular weight is 532 g/mol. The van der Waals surface area contributed by atoms with Crippen molar-refractivity contribution in [2.75, 3.05) is 23.7 Å². The Morgan fingerprint density at radius 3 is 2.39 bits per heavy atom. The van der Waals surface area contributed by atoms with Crippen molar-refractivity contribution in [3.05, 3.63) is 84.0 Å². The number of hydrogen-bond donors (Lipinski definition) is 2. The van der Waals surface area contributed by atoms with Gasteiger partial charge in [0, 0.05) is 48.2 Å². The highest BCUT2D eigenvalue weighted by Gasteiger charge is 2.24. The summed E-state index contributed by atoms with van der Waals surface area (Å²) in [6.07, 6.45) is 5.10. The number of halogens is 2. The number of benzene rings is 2. The Morgan fingerprint density at radius 2 is 1.66 bits per heavy atom. The standard InChI is InChI=1S/C27H23F2N7OS/c28-18-3-1-17(2-4-18)23-24(36-15-16-38-27(36)34-23)22-9-12-30-25(33-22)31-21-10-13-35(14-11-21)26(37)32-20-7-5-19(29)6-8-20/h1-9,12,15-16,21H,10-11,13-14H2,(H,32,37)(H,30,31,33). The van der Waals surface area contributed by atoms with Gasteiger partial charge in [-0.05, 0) is 67.4 Å². The maximum absolute atomic E-state index is 13.5. The van der Waals surface area contributed by atoms with Gasteiger partial charge in [0.25, 0.3) is 0 Å². The summed E-state index contributed by atoms with van der Waals surface area (Å²) in [5.41, 5.74) is 3.59. The lowest BCUT2D eigenvalue weighted by atomic mass is 10.1. The average Bonchev–Trinajstić information content (AvgIpc) is 3.53. The summed E-state index contributed by atoms with van der Waals surface area (Å²) in [4.78, 5) is 29.1. The number of piperidine rings is 1. The fourth-order valence-corrected chi connectivity index (χ4v) is 5.26. The van der Waals surface area contributed by atoms with Crippen LogP contribution in [0.15, 0.2) is 72.4 Å². The first kappa shape index (κ1) is 24.0. The Labute approximate surface area is 221 Å². The van der Waals surface area contributed by atoms with Crippen LogP contribution in [0.2, 0.25) is 0 Å². The molecule has 1 aliphatic rings. The van der Waals surface area contributed by atoms with Crippen LogP contribution in [0, 0.1) is 11.6 Å². The van der Waals surface area contributed by atoms with E-state index in [-0.39, 0.29) is 23.7 Å². The Bertz CT molecular complexity index is 1580. The molecule has 1 aliphatic heterocycles. The van der Waals surface area contributed by atoms with Crippen molar-refractivity contribution in [1.29, 1.82) is 0 Å². The highest BCUT2D eigenvalue weighted by molar-refractivity contribution is 7.15. The van der Waals surface area contributed by atoms with Crippen LogP contribution in [0.4, 0.5) is 25.2 Å². The molecule has 4 heterocycles. The molecule has 0 unspecified atom stereocenters. The van der Waals surface area contributed by atoms with Gasteiger partial charge in [-0.25, -0.2) is 28.5 Å². The first-order valence-electron chi connectivity index (χ1n) is 12.2. The molecular formula is C27H23F2N7OS. The molecule has 3 aromatic heterocycles. The zero-order valence-corrected chi connectivity index (χ0v) is 21.0. The van der Waals surface area contributed by atoms with Crippen molar-refractivity contribution >= 4 is 34.0 Å². The van der Waals surface area contributed by atoms with Crippen LogP contribution < -0.4 is 10.6 Å². The molecule has 1 fully saturated rings. The van der Waals surface area contributed by atoms with Crippen molar-refractivity contribution in [3.63, 3.8) is 0 Å². The molecule has 0 spiro atoms. The number of urea groups is 1. The molecule has 38 heavy (non-hydrogen) atoms. The van der Waals surface area contributed by atoms with Gasteiger partial charge in [-0.1, -0.05) is 0 Å². The Hall–Kier alpha value is -4.38. The molecular weight excluding hydrogens is 508 g/mol. The summed E-state index contributed by atoms with van der Waals surface area (Å²) in [6, 6.07) is 13.7. The van der Waals surface area contributed by atoms with Crippen molar-refractivity contribution < 1.29 is 13.6 Å². The number of aromatic nitrogens is 4. The van der Waals surface area contributed by atoms with E-state index < -0.39 is 0 Å². The van der Waals surface area contributed by atoms with Crippen molar-refractivity contribution in [1.82, 2.24) is 24.3 Å². The minimum absolute atomic E-state index is 0.100. The predicted octanol–water partition coefficient (Wildman–Crippen LogP) is 5.91. The lowest BCUT2D eigenvalue weighted by Crippen LogP contribution is -2.44. The molecule has 0 aliphatic carbocycles. The van der Waals surface area contributed by atoms with Crippen LogP contribution in [0.25, 0.3) is 27.6 Å². The normalized spacial score (nSPS) is 14.1. The summed E-state index contributed by atoms with van der Waals surface area (Å²) in [7, 11) is 0. The summed E-state index contributed by atoms with van der Waals surface area (Å²) in [5.74, 6) is -0.156. The van der Waals surface area contributed by atoms with Gasteiger partial charge in [-0.3, -0.25) is 4.40 Å². The molecule has 1 saturated heterocycles. The van der Waals surface area contributed by atoms with Crippen LogP contribution in [0.1, 0.15) is 12.8 Å². The zero-order valence-electron chi connectivity index (χ0n) is 20.1. The lowest BCUT2D eigenvalue weighted by molar-refractivity contribution is 0.197. The van der Waals surface area contributed by atoms with Crippen molar-refractivity contribution in [2.24, 2.45) is 0 Å². The molecule has 2 aromatic carbocycles. The number of anilines is 2. The number of rotatable bonds is 5. The van der Waals surface area contributed by atoms with E-state index in [1.165, 1.54) is 47.7 Å². The van der Waals surface area contributed by atoms with Gasteiger partial charge in [-0.2, -0.15) is 0 Å². The molecule has 11 heteroatoms. The highest BCUT2D eigenvalue weighted by atomic mass is 32.1. The summed E-state index contributed by atoms with van der Waals surface area (Å²) in [6.45, 7) is 1.13. The zero-order chi connectivity index (χ0) is 26.1. The van der Waals surface area contributed by atoms with Crippen LogP contribution in [-0.4, -0.2) is 49.4 Å². The molecule has 2 N–H and O–H groups in total. The number of carbonyl (C=O) groups is 1. The second-order valence-electron chi connectivity index (χ2n) is 8.98. The maximum atomic E-state index is 13.5. The second kappa shape index (κ2) is 10.2. The van der Waals surface area contributed by atoms with Gasteiger partial charge < -0.3 is 15.5 Å². The van der Waals surface area contributed by atoms with Gasteiger partial charge in [0.1, 0.15) is 17.3 Å². The number of imidazole rings is 1. The van der Waals surface area contributed by atoms with Crippen LogP contribution >= 0.6 is 11.3 Å². The molecule has 192 valence electrons. The first-order chi connectivity index (χ1) is 18.5. The molecule has 6 rings (SSSR count). The topological polar surface area (TPSA) is 87.5 Å². The quantitative estimate of drug-likeness (QED) is 0.295. The Kier molecular flexibility index (Phi) is 6.42. The fourth-order valence-electron chi connectivity index (χ4n) is 4.54. The molecule has 8 nitrogen and oxygen atoms in total. The fraction of sp³-hybridized carbons (Fsp3) is 0.185. The van der Waals surface area contributed by atoms with E-state index in [2.05, 4.69) is 15.6 Å². The minimum atomic E-state index is -0.346. The van der Waals surface area contributed by atoms with Crippen LogP contribution in [0.3, 0.4) is 0 Å². The van der Waals surface area contributed by atoms with Gasteiger partial charge in [-0.15, -0.1) is 11.3 Å². The number of likely N-dealkylation sites (tertiary alicyclic amines) is 1. The van der Waals surface area contributed by atoms with Crippen molar-refractivity contribution in [3.8, 4) is 22.6 Å². The molecule has 2 amide bonds. The second-order valence-corrected chi connectivity index (χ2v) is 9.85. The molecule has 0 atom stereocenters. The van der Waals surface area contributed by atoms with Crippen molar-refractivity contribution in [2.45, 2.75) is 18.9 Å². The summed E-state index contributed by atoms with van der Waals surface area (Å²) < 4.78 is 28.6. The maximum Gasteiger partial charge on any atom is 0.321 e. The third-order valence-electron chi connectivity index (χ3n) is 6.49. The number of carbonyl (C=O) groups excluding carboxylic acids is 1. The number of thiazole rings is 1. The monoisotopic (exact) mass is 531 g/mol. The third-order valence-corrected chi connectivity index (χ3v) is 7.25. The van der Waals surface area contributed by atoms with Gasteiger partial charge in [0.05, 0.1) is 11.4 Å². The van der Waals surface area contributed by atoms with Gasteiger partial charge in [0.15, 0.2) is 4.96 Å². The van der Waals surface area contributed by atoms with E-state index in [9.17, 15) is 13.6 Å². The van der Waals surface area contributed by atoms with E-state index in [1.807, 2.05) is 22.0 Å². The van der Waals surface area contributed by atoms with E-state index in [4.69, 9.17) is 9.97 Å². The predicted molar refractivity (Wildman–Crippen MR) is 143 cm³/mol. The molecule has 5 aromatic rings. The minimum Gasteiger partial charge on any atom is -0.351 e. The number of nitrogens with zero attached hydrogens (tertiary/aromatic N) is 5. The first-order valence-corrected chi connectivity index (χ1v) is 13.0. The largest absolute Gasteiger partial charge is 0.351 e. The molecule has 0 saturated carbocycles. The van der Waals surface area contributed by atoms with Gasteiger partial charge >= 0.3 is 6.03 Å². The number of hydrogen-bond acceptors (Lipinski definition) is 6. The summed E-state index contributed by atoms with van der Waals surface area (Å²) in [5, 5.41) is 8.17. The van der Waals surface area contributed by atoms with E-state index >= 15 is 0 Å². The molecule has 0 bridgehead atoms. The number of amides is 2. The Balaban J connectivity index is 1.16. The van der Waals surface area contributed by atoms with Gasteiger partial charge in [0.2, 0.25) is 5.95 Å². The smallest absolute Gasteiger partial charge is 0.321 e. The van der Waals surface area contributed by atoms with E-state index in [0.717, 1.165) is 34.8 Å². The van der Waals surface area contributed by atoms with E-state index in [0.29, 0.717) is 30.4 Å². The lowest BCUT2D eigenvalue weighted by Gasteiger charge is -2.32. The molecule has 0 radical (unpaired) electrons. The number of fused-ring (bicyclic) bond motifs is 1. The van der Waals surface area contributed by atoms with Crippen LogP contribution in [0.5, 0.6) is 0 Å². The van der Waals surface area contributed by atoms with Crippen LogP contribution in [-0.2, 0) is 0 Å². The summed E-state index contributed by atoms with van der Waals surface area (Å²) >= 11 is 1.52. The SMILES string of the molecule is O=C(Nc1ccc(F)cc1)N1CCC(Nc2nccc(-c3c(-c4ccc(F)cc4)nc4sccn34)n2)CC1. The third kappa shape index (κ3) is 4.92.